The quantitative estimate of drug-likeness (QED) is 0.537. The van der Waals surface area contributed by atoms with E-state index in [1.165, 1.54) is 7.11 Å². The Kier molecular flexibility index (Phi) is 9.51. The van der Waals surface area contributed by atoms with Crippen molar-refractivity contribution in [2.24, 2.45) is 0 Å². The maximum atomic E-state index is 11.9. The van der Waals surface area contributed by atoms with Gasteiger partial charge in [-0.15, -0.1) is 0 Å². The maximum absolute atomic E-state index is 11.9. The number of carboxylic acid groups (broad SMARTS) is 1. The van der Waals surface area contributed by atoms with E-state index in [2.05, 4.69) is 10.6 Å². The Bertz CT molecular complexity index is 324. The molecule has 0 spiro atoms. The zero-order chi connectivity index (χ0) is 16.3. The van der Waals surface area contributed by atoms with Gasteiger partial charge in [-0.2, -0.15) is 13.2 Å². The van der Waals surface area contributed by atoms with Gasteiger partial charge < -0.3 is 20.5 Å². The van der Waals surface area contributed by atoms with E-state index in [4.69, 9.17) is 9.84 Å². The lowest BCUT2D eigenvalue weighted by Crippen LogP contribution is -2.46. The molecule has 1 atom stereocenters. The molecule has 0 radical (unpaired) electrons. The van der Waals surface area contributed by atoms with Crippen LogP contribution in [0.4, 0.5) is 18.0 Å². The van der Waals surface area contributed by atoms with E-state index in [1.807, 2.05) is 0 Å². The SMILES string of the molecule is COCCCC(NC(=O)NCCCCC(F)(F)F)C(=O)O. The van der Waals surface area contributed by atoms with Crippen LogP contribution in [0.1, 0.15) is 32.1 Å². The number of aliphatic carboxylic acids is 1. The molecule has 0 aromatic rings. The number of alkyl halides is 3. The van der Waals surface area contributed by atoms with E-state index in [0.29, 0.717) is 13.0 Å². The number of urea groups is 1. The van der Waals surface area contributed by atoms with Crippen molar-refractivity contribution in [3.8, 4) is 0 Å². The minimum Gasteiger partial charge on any atom is -0.480 e. The molecule has 3 N–H and O–H groups in total. The van der Waals surface area contributed by atoms with Gasteiger partial charge in [-0.3, -0.25) is 0 Å². The number of carbonyl (C=O) groups is 2. The molecule has 0 bridgehead atoms. The third kappa shape index (κ3) is 12.0. The molecule has 1 unspecified atom stereocenters. The lowest BCUT2D eigenvalue weighted by atomic mass is 10.1. The first-order valence-electron chi connectivity index (χ1n) is 6.59. The van der Waals surface area contributed by atoms with E-state index < -0.39 is 30.6 Å². The van der Waals surface area contributed by atoms with Crippen molar-refractivity contribution in [2.45, 2.75) is 44.3 Å². The van der Waals surface area contributed by atoms with Gasteiger partial charge >= 0.3 is 18.2 Å². The van der Waals surface area contributed by atoms with Crippen LogP contribution in [0.25, 0.3) is 0 Å². The summed E-state index contributed by atoms with van der Waals surface area (Å²) in [4.78, 5) is 22.3. The Morgan fingerprint density at radius 2 is 1.90 bits per heavy atom. The summed E-state index contributed by atoms with van der Waals surface area (Å²) >= 11 is 0. The molecule has 0 aliphatic carbocycles. The number of methoxy groups -OCH3 is 1. The molecule has 0 saturated heterocycles. The molecule has 0 aromatic carbocycles. The van der Waals surface area contributed by atoms with Gasteiger partial charge in [-0.05, 0) is 25.7 Å². The number of carbonyl (C=O) groups excluding carboxylic acids is 1. The highest BCUT2D eigenvalue weighted by atomic mass is 19.4. The number of hydrogen-bond acceptors (Lipinski definition) is 3. The van der Waals surface area contributed by atoms with Crippen molar-refractivity contribution >= 4 is 12.0 Å². The van der Waals surface area contributed by atoms with E-state index in [0.717, 1.165) is 0 Å². The second-order valence-corrected chi connectivity index (χ2v) is 4.50. The van der Waals surface area contributed by atoms with E-state index in [9.17, 15) is 22.8 Å². The molecule has 6 nitrogen and oxygen atoms in total. The topological polar surface area (TPSA) is 87.7 Å². The van der Waals surface area contributed by atoms with Gasteiger partial charge in [0.15, 0.2) is 0 Å². The number of hydrogen-bond donors (Lipinski definition) is 3. The van der Waals surface area contributed by atoms with Crippen LogP contribution in [-0.4, -0.2) is 49.6 Å². The Morgan fingerprint density at radius 3 is 2.43 bits per heavy atom. The third-order valence-electron chi connectivity index (χ3n) is 2.62. The molecule has 0 aromatic heterocycles. The van der Waals surface area contributed by atoms with Crippen molar-refractivity contribution in [3.05, 3.63) is 0 Å². The first-order valence-corrected chi connectivity index (χ1v) is 6.59. The van der Waals surface area contributed by atoms with Crippen molar-refractivity contribution in [1.82, 2.24) is 10.6 Å². The zero-order valence-corrected chi connectivity index (χ0v) is 11.8. The molecular weight excluding hydrogens is 293 g/mol. The van der Waals surface area contributed by atoms with E-state index in [-0.39, 0.29) is 25.8 Å². The lowest BCUT2D eigenvalue weighted by molar-refractivity contribution is -0.139. The van der Waals surface area contributed by atoms with Crippen LogP contribution in [0.3, 0.4) is 0 Å². The standard InChI is InChI=1S/C12H21F3N2O4/c1-21-8-4-5-9(10(18)19)17-11(20)16-7-3-2-6-12(13,14)15/h9H,2-8H2,1H3,(H,18,19)(H2,16,17,20). The highest BCUT2D eigenvalue weighted by Gasteiger charge is 2.25. The number of carboxylic acids is 1. The Morgan fingerprint density at radius 1 is 1.24 bits per heavy atom. The van der Waals surface area contributed by atoms with Crippen LogP contribution in [0.2, 0.25) is 0 Å². The number of unbranched alkanes of at least 4 members (excludes halogenated alkanes) is 1. The van der Waals surface area contributed by atoms with Crippen molar-refractivity contribution in [3.63, 3.8) is 0 Å². The van der Waals surface area contributed by atoms with E-state index in [1.54, 1.807) is 0 Å². The van der Waals surface area contributed by atoms with Crippen molar-refractivity contribution < 1.29 is 32.6 Å². The molecule has 0 aliphatic heterocycles. The minimum atomic E-state index is -4.20. The zero-order valence-electron chi connectivity index (χ0n) is 11.8. The fraction of sp³-hybridized carbons (Fsp3) is 0.833. The minimum absolute atomic E-state index is 0.0618. The number of nitrogens with one attached hydrogen (secondary N) is 2. The molecule has 0 heterocycles. The van der Waals surface area contributed by atoms with Crippen LogP contribution in [0, 0.1) is 0 Å². The predicted octanol–water partition coefficient (Wildman–Crippen LogP) is 1.90. The smallest absolute Gasteiger partial charge is 0.389 e. The Hall–Kier alpha value is -1.51. The monoisotopic (exact) mass is 314 g/mol. The predicted molar refractivity (Wildman–Crippen MR) is 69.0 cm³/mol. The molecule has 0 saturated carbocycles. The first kappa shape index (κ1) is 19.5. The second-order valence-electron chi connectivity index (χ2n) is 4.50. The summed E-state index contributed by atoms with van der Waals surface area (Å²) in [6.45, 7) is 0.441. The molecule has 0 fully saturated rings. The van der Waals surface area contributed by atoms with Gasteiger partial charge in [-0.25, -0.2) is 9.59 Å². The first-order chi connectivity index (χ1) is 9.76. The molecular formula is C12H21F3N2O4. The number of rotatable bonds is 10. The summed E-state index contributed by atoms with van der Waals surface area (Å²) in [5.74, 6) is -1.17. The lowest BCUT2D eigenvalue weighted by Gasteiger charge is -2.15. The van der Waals surface area contributed by atoms with Crippen molar-refractivity contribution in [2.75, 3.05) is 20.3 Å². The highest BCUT2D eigenvalue weighted by Crippen LogP contribution is 2.21. The van der Waals surface area contributed by atoms with Gasteiger partial charge in [0.05, 0.1) is 0 Å². The summed E-state index contributed by atoms with van der Waals surface area (Å²) in [6, 6.07) is -1.75. The number of amides is 2. The molecule has 2 amide bonds. The average molecular weight is 314 g/mol. The summed E-state index contributed by atoms with van der Waals surface area (Å²) in [5.41, 5.74) is 0. The Balaban J connectivity index is 3.85. The Labute approximate surface area is 121 Å². The number of halogens is 3. The fourth-order valence-corrected chi connectivity index (χ4v) is 1.55. The second kappa shape index (κ2) is 10.3. The molecule has 0 aliphatic rings. The van der Waals surface area contributed by atoms with Crippen LogP contribution in [-0.2, 0) is 9.53 Å². The molecule has 21 heavy (non-hydrogen) atoms. The van der Waals surface area contributed by atoms with Gasteiger partial charge in [0, 0.05) is 26.7 Å². The summed E-state index contributed by atoms with van der Waals surface area (Å²) in [6.07, 6.45) is -4.32. The fourth-order valence-electron chi connectivity index (χ4n) is 1.55. The summed E-state index contributed by atoms with van der Waals surface area (Å²) in [5, 5.41) is 13.5. The summed E-state index contributed by atoms with van der Waals surface area (Å²) < 4.78 is 40.4. The van der Waals surface area contributed by atoms with Gasteiger partial charge in [0.1, 0.15) is 6.04 Å². The van der Waals surface area contributed by atoms with Gasteiger partial charge in [-0.1, -0.05) is 0 Å². The molecule has 0 rings (SSSR count). The maximum Gasteiger partial charge on any atom is 0.389 e. The van der Waals surface area contributed by atoms with Crippen LogP contribution >= 0.6 is 0 Å². The number of ether oxygens (including phenoxy) is 1. The van der Waals surface area contributed by atoms with Crippen LogP contribution in [0.5, 0.6) is 0 Å². The van der Waals surface area contributed by atoms with Gasteiger partial charge in [0.2, 0.25) is 0 Å². The molecule has 9 heteroatoms. The van der Waals surface area contributed by atoms with Crippen LogP contribution in [0.15, 0.2) is 0 Å². The normalized spacial score (nSPS) is 12.8. The molecule has 124 valence electrons. The average Bonchev–Trinajstić information content (AvgIpc) is 2.35. The van der Waals surface area contributed by atoms with Gasteiger partial charge in [0.25, 0.3) is 0 Å². The summed E-state index contributed by atoms with van der Waals surface area (Å²) in [7, 11) is 1.48. The largest absolute Gasteiger partial charge is 0.480 e. The third-order valence-corrected chi connectivity index (χ3v) is 2.62. The van der Waals surface area contributed by atoms with E-state index >= 15 is 0 Å². The highest BCUT2D eigenvalue weighted by molar-refractivity contribution is 5.82. The van der Waals surface area contributed by atoms with Crippen LogP contribution < -0.4 is 10.6 Å². The van der Waals surface area contributed by atoms with Crippen molar-refractivity contribution in [1.29, 1.82) is 0 Å².